The van der Waals surface area contributed by atoms with E-state index in [-0.39, 0.29) is 16.6 Å². The second kappa shape index (κ2) is 5.84. The number of hydrogen-bond donors (Lipinski definition) is 1. The Morgan fingerprint density at radius 2 is 1.71 bits per heavy atom. The number of aryl methyl sites for hydroxylation is 1. The maximum absolute atomic E-state index is 13.6. The van der Waals surface area contributed by atoms with Gasteiger partial charge >= 0.3 is 0 Å². The lowest BCUT2D eigenvalue weighted by atomic mass is 10.1. The Balaban J connectivity index is 2.09. The number of nitrogens with one attached hydrogen (secondary N) is 1. The van der Waals surface area contributed by atoms with E-state index in [1.807, 2.05) is 0 Å². The molecule has 1 amide bonds. The highest BCUT2D eigenvalue weighted by Crippen LogP contribution is 2.17. The Labute approximate surface area is 134 Å². The van der Waals surface area contributed by atoms with Gasteiger partial charge in [0.05, 0.1) is 11.2 Å². The van der Waals surface area contributed by atoms with E-state index in [9.17, 15) is 22.8 Å². The molecule has 0 spiro atoms. The molecule has 0 aliphatic carbocycles. The van der Waals surface area contributed by atoms with Gasteiger partial charge in [0.25, 0.3) is 5.91 Å². The summed E-state index contributed by atoms with van der Waals surface area (Å²) in [6.45, 7) is 0. The highest BCUT2D eigenvalue weighted by molar-refractivity contribution is 6.05. The first-order chi connectivity index (χ1) is 11.4. The van der Waals surface area contributed by atoms with Gasteiger partial charge < -0.3 is 9.88 Å². The number of amides is 1. The summed E-state index contributed by atoms with van der Waals surface area (Å²) in [6, 6.07) is 6.21. The maximum atomic E-state index is 13.6. The Hall–Kier alpha value is -3.09. The quantitative estimate of drug-likeness (QED) is 0.783. The number of aromatic nitrogens is 1. The molecule has 3 aromatic rings. The summed E-state index contributed by atoms with van der Waals surface area (Å²) in [5.41, 5.74) is -0.951. The van der Waals surface area contributed by atoms with Crippen LogP contribution in [-0.4, -0.2) is 10.5 Å². The minimum absolute atomic E-state index is 0.0184. The lowest BCUT2D eigenvalue weighted by Crippen LogP contribution is -2.24. The smallest absolute Gasteiger partial charge is 0.261 e. The molecule has 122 valence electrons. The molecule has 0 fully saturated rings. The van der Waals surface area contributed by atoms with Crippen molar-refractivity contribution in [3.05, 3.63) is 75.8 Å². The molecule has 0 aliphatic heterocycles. The van der Waals surface area contributed by atoms with E-state index in [2.05, 4.69) is 5.32 Å². The molecule has 1 N–H and O–H groups in total. The number of carbonyl (C=O) groups excluding carboxylic acids is 1. The van der Waals surface area contributed by atoms with Crippen LogP contribution in [-0.2, 0) is 7.05 Å². The average molecular weight is 332 g/mol. The number of pyridine rings is 1. The van der Waals surface area contributed by atoms with Gasteiger partial charge in [-0.3, -0.25) is 9.59 Å². The fourth-order valence-corrected chi connectivity index (χ4v) is 2.41. The minimum Gasteiger partial charge on any atom is -0.350 e. The number of hydrogen-bond acceptors (Lipinski definition) is 2. The molecule has 0 radical (unpaired) electrons. The topological polar surface area (TPSA) is 51.1 Å². The van der Waals surface area contributed by atoms with Crippen molar-refractivity contribution in [3.63, 3.8) is 0 Å². The summed E-state index contributed by atoms with van der Waals surface area (Å²) in [5, 5.41) is 2.17. The fraction of sp³-hybridized carbons (Fsp3) is 0.0588. The van der Waals surface area contributed by atoms with Crippen LogP contribution >= 0.6 is 0 Å². The maximum Gasteiger partial charge on any atom is 0.261 e. The fourth-order valence-electron chi connectivity index (χ4n) is 2.41. The van der Waals surface area contributed by atoms with Crippen molar-refractivity contribution < 1.29 is 18.0 Å². The van der Waals surface area contributed by atoms with Crippen LogP contribution in [0.25, 0.3) is 10.9 Å². The lowest BCUT2D eigenvalue weighted by Gasteiger charge is -2.10. The molecule has 3 rings (SSSR count). The van der Waals surface area contributed by atoms with Gasteiger partial charge in [-0.2, -0.15) is 0 Å². The molecule has 0 saturated carbocycles. The zero-order valence-electron chi connectivity index (χ0n) is 12.4. The first-order valence-electron chi connectivity index (χ1n) is 6.92. The number of benzene rings is 2. The SMILES string of the molecule is Cn1cc(C(=O)Nc2cc(F)ccc2F)c(=O)c2cc(F)ccc21. The first kappa shape index (κ1) is 15.8. The first-order valence-corrected chi connectivity index (χ1v) is 6.92. The molecule has 0 saturated heterocycles. The predicted molar refractivity (Wildman–Crippen MR) is 83.5 cm³/mol. The summed E-state index contributed by atoms with van der Waals surface area (Å²) >= 11 is 0. The second-order valence-corrected chi connectivity index (χ2v) is 5.22. The molecule has 1 aromatic heterocycles. The molecule has 2 aromatic carbocycles. The van der Waals surface area contributed by atoms with Crippen molar-refractivity contribution in [2.45, 2.75) is 0 Å². The standard InChI is InChI=1S/C17H11F3N2O2/c1-22-8-12(16(23)11-6-9(18)3-5-15(11)22)17(24)21-14-7-10(19)2-4-13(14)20/h2-8H,1H3,(H,21,24). The predicted octanol–water partition coefficient (Wildman–Crippen LogP) is 3.21. The Kier molecular flexibility index (Phi) is 3.84. The molecule has 7 heteroatoms. The lowest BCUT2D eigenvalue weighted by molar-refractivity contribution is 0.102. The van der Waals surface area contributed by atoms with Gasteiger partial charge in [0.15, 0.2) is 0 Å². The average Bonchev–Trinajstić information content (AvgIpc) is 2.54. The van der Waals surface area contributed by atoms with Crippen molar-refractivity contribution in [1.82, 2.24) is 4.57 Å². The summed E-state index contributed by atoms with van der Waals surface area (Å²) < 4.78 is 41.7. The third-order valence-corrected chi connectivity index (χ3v) is 3.57. The van der Waals surface area contributed by atoms with Gasteiger partial charge in [-0.25, -0.2) is 13.2 Å². The Morgan fingerprint density at radius 1 is 1.04 bits per heavy atom. The molecular weight excluding hydrogens is 321 g/mol. The van der Waals surface area contributed by atoms with E-state index < -0.39 is 28.8 Å². The van der Waals surface area contributed by atoms with Crippen molar-refractivity contribution >= 4 is 22.5 Å². The van der Waals surface area contributed by atoms with Crippen LogP contribution in [0.2, 0.25) is 0 Å². The van der Waals surface area contributed by atoms with Crippen molar-refractivity contribution in [2.24, 2.45) is 7.05 Å². The molecule has 0 aliphatic rings. The van der Waals surface area contributed by atoms with Crippen LogP contribution in [0.4, 0.5) is 18.9 Å². The minimum atomic E-state index is -0.911. The summed E-state index contributed by atoms with van der Waals surface area (Å²) in [7, 11) is 1.58. The molecule has 4 nitrogen and oxygen atoms in total. The van der Waals surface area contributed by atoms with Gasteiger partial charge in [-0.15, -0.1) is 0 Å². The van der Waals surface area contributed by atoms with Crippen molar-refractivity contribution in [1.29, 1.82) is 0 Å². The summed E-state index contributed by atoms with van der Waals surface area (Å²) in [4.78, 5) is 24.7. The van der Waals surface area contributed by atoms with Crippen molar-refractivity contribution in [3.8, 4) is 0 Å². The van der Waals surface area contributed by atoms with Crippen molar-refractivity contribution in [2.75, 3.05) is 5.32 Å². The van der Waals surface area contributed by atoms with Gasteiger partial charge in [-0.05, 0) is 30.3 Å². The number of anilines is 1. The molecule has 24 heavy (non-hydrogen) atoms. The van der Waals surface area contributed by atoms with Crippen LogP contribution in [0.15, 0.2) is 47.4 Å². The molecule has 1 heterocycles. The third-order valence-electron chi connectivity index (χ3n) is 3.57. The number of nitrogens with zero attached hydrogens (tertiary/aromatic N) is 1. The van der Waals surface area contributed by atoms with Gasteiger partial charge in [0.1, 0.15) is 23.0 Å². The zero-order chi connectivity index (χ0) is 17.4. The zero-order valence-corrected chi connectivity index (χ0v) is 12.4. The highest BCUT2D eigenvalue weighted by atomic mass is 19.1. The monoisotopic (exact) mass is 332 g/mol. The normalized spacial score (nSPS) is 10.8. The third kappa shape index (κ3) is 2.76. The second-order valence-electron chi connectivity index (χ2n) is 5.22. The Morgan fingerprint density at radius 3 is 2.46 bits per heavy atom. The van der Waals surface area contributed by atoms with Crippen LogP contribution in [0.3, 0.4) is 0 Å². The number of rotatable bonds is 2. The number of halogens is 3. The van der Waals surface area contributed by atoms with E-state index in [1.165, 1.54) is 22.9 Å². The number of carbonyl (C=O) groups is 1. The summed E-state index contributed by atoms with van der Waals surface area (Å²) in [6.07, 6.45) is 1.26. The van der Waals surface area contributed by atoms with Crippen LogP contribution in [0.5, 0.6) is 0 Å². The van der Waals surface area contributed by atoms with E-state index in [0.29, 0.717) is 5.52 Å². The molecule has 0 unspecified atom stereocenters. The van der Waals surface area contributed by atoms with Gasteiger partial charge in [-0.1, -0.05) is 0 Å². The van der Waals surface area contributed by atoms with E-state index >= 15 is 0 Å². The molecule has 0 atom stereocenters. The highest BCUT2D eigenvalue weighted by Gasteiger charge is 2.17. The Bertz CT molecular complexity index is 1030. The van der Waals surface area contributed by atoms with Gasteiger partial charge in [0.2, 0.25) is 5.43 Å². The van der Waals surface area contributed by atoms with Gasteiger partial charge in [0, 0.05) is 24.7 Å². The largest absolute Gasteiger partial charge is 0.350 e. The van der Waals surface area contributed by atoms with Crippen LogP contribution in [0, 0.1) is 17.5 Å². The van der Waals surface area contributed by atoms with Crippen LogP contribution in [0.1, 0.15) is 10.4 Å². The van der Waals surface area contributed by atoms with Crippen LogP contribution < -0.4 is 10.7 Å². The molecular formula is C17H11F3N2O2. The number of fused-ring (bicyclic) bond motifs is 1. The molecule has 0 bridgehead atoms. The summed E-state index contributed by atoms with van der Waals surface area (Å²) in [5.74, 6) is -3.10. The van der Waals surface area contributed by atoms with E-state index in [0.717, 1.165) is 24.3 Å². The van der Waals surface area contributed by atoms with E-state index in [4.69, 9.17) is 0 Å². The van der Waals surface area contributed by atoms with E-state index in [1.54, 1.807) is 7.05 Å².